The number of carboxylic acid groups (broad SMARTS) is 1. The minimum absolute atomic E-state index is 0.130. The number of hydrogen-bond donors (Lipinski definition) is 2. The van der Waals surface area contributed by atoms with E-state index in [4.69, 9.17) is 9.47 Å². The van der Waals surface area contributed by atoms with Crippen LogP contribution in [-0.2, 0) is 9.53 Å². The molecule has 0 saturated heterocycles. The number of hydrogen-bond acceptors (Lipinski definition) is 5. The lowest BCUT2D eigenvalue weighted by Crippen LogP contribution is -2.42. The molecule has 2 N–H and O–H groups in total. The summed E-state index contributed by atoms with van der Waals surface area (Å²) in [7, 11) is 0. The molecule has 7 nitrogen and oxygen atoms in total. The predicted octanol–water partition coefficient (Wildman–Crippen LogP) is 3.18. The van der Waals surface area contributed by atoms with Gasteiger partial charge in [0.05, 0.1) is 5.60 Å². The molecule has 1 fully saturated rings. The number of ether oxygens (including phenoxy) is 2. The van der Waals surface area contributed by atoms with Crippen LogP contribution in [0.1, 0.15) is 69.7 Å². The lowest BCUT2D eigenvalue weighted by atomic mass is 9.98. The van der Waals surface area contributed by atoms with Crippen LogP contribution < -0.4 is 10.1 Å². The molecule has 2 rings (SSSR count). The van der Waals surface area contributed by atoms with Crippen molar-refractivity contribution in [2.24, 2.45) is 0 Å². The van der Waals surface area contributed by atoms with Crippen molar-refractivity contribution < 1.29 is 24.2 Å². The molecule has 1 heterocycles. The first-order valence-electron chi connectivity index (χ1n) is 9.55. The van der Waals surface area contributed by atoms with Crippen molar-refractivity contribution in [2.75, 3.05) is 6.61 Å². The third kappa shape index (κ3) is 7.54. The molecule has 27 heavy (non-hydrogen) atoms. The largest absolute Gasteiger partial charge is 0.480 e. The quantitative estimate of drug-likeness (QED) is 0.721. The fourth-order valence-corrected chi connectivity index (χ4v) is 2.95. The molecule has 0 bridgehead atoms. The second kappa shape index (κ2) is 9.69. The Balaban J connectivity index is 1.94. The lowest BCUT2D eigenvalue weighted by molar-refractivity contribution is -0.140. The molecule has 0 aromatic carbocycles. The number of carbonyl (C=O) groups excluding carboxylic acids is 1. The van der Waals surface area contributed by atoms with Gasteiger partial charge in [-0.25, -0.2) is 9.78 Å². The van der Waals surface area contributed by atoms with Crippen LogP contribution >= 0.6 is 0 Å². The van der Waals surface area contributed by atoms with E-state index in [0.29, 0.717) is 11.4 Å². The standard InChI is InChI=1S/C20H30N2O5/c1-20(2,3)26-12-10-16(19(24)25)22-18(23)14-9-11-21-17(13-14)27-15-7-5-4-6-8-15/h9,11,13,15-16H,4-8,10,12H2,1-3H3,(H,22,23)(H,24,25). The van der Waals surface area contributed by atoms with Crippen LogP contribution in [0.3, 0.4) is 0 Å². The van der Waals surface area contributed by atoms with E-state index in [9.17, 15) is 14.7 Å². The van der Waals surface area contributed by atoms with E-state index in [1.165, 1.54) is 12.6 Å². The van der Waals surface area contributed by atoms with Gasteiger partial charge >= 0.3 is 5.97 Å². The average Bonchev–Trinajstić information content (AvgIpc) is 2.60. The molecule has 0 aliphatic heterocycles. The molecule has 0 radical (unpaired) electrons. The van der Waals surface area contributed by atoms with Gasteiger partial charge in [-0.3, -0.25) is 4.79 Å². The first-order chi connectivity index (χ1) is 12.7. The maximum atomic E-state index is 12.5. The van der Waals surface area contributed by atoms with Crippen LogP contribution in [0, 0.1) is 0 Å². The van der Waals surface area contributed by atoms with Gasteiger partial charge in [0.25, 0.3) is 5.91 Å². The Hall–Kier alpha value is -2.15. The Kier molecular flexibility index (Phi) is 7.59. The summed E-state index contributed by atoms with van der Waals surface area (Å²) < 4.78 is 11.4. The molecule has 150 valence electrons. The fourth-order valence-electron chi connectivity index (χ4n) is 2.95. The minimum Gasteiger partial charge on any atom is -0.480 e. The maximum Gasteiger partial charge on any atom is 0.326 e. The first-order valence-corrected chi connectivity index (χ1v) is 9.55. The molecule has 0 spiro atoms. The summed E-state index contributed by atoms with van der Waals surface area (Å²) in [6, 6.07) is 2.10. The van der Waals surface area contributed by atoms with Crippen molar-refractivity contribution in [3.63, 3.8) is 0 Å². The van der Waals surface area contributed by atoms with E-state index < -0.39 is 17.9 Å². The van der Waals surface area contributed by atoms with Gasteiger partial charge in [0.2, 0.25) is 5.88 Å². The molecule has 1 unspecified atom stereocenters. The highest BCUT2D eigenvalue weighted by Gasteiger charge is 2.22. The van der Waals surface area contributed by atoms with Crippen molar-refractivity contribution in [3.05, 3.63) is 23.9 Å². The summed E-state index contributed by atoms with van der Waals surface area (Å²) in [6.07, 6.45) is 7.32. The summed E-state index contributed by atoms with van der Waals surface area (Å²) >= 11 is 0. The SMILES string of the molecule is CC(C)(C)OCCC(NC(=O)c1ccnc(OC2CCCCC2)c1)C(=O)O. The van der Waals surface area contributed by atoms with Crippen molar-refractivity contribution in [1.82, 2.24) is 10.3 Å². The Morgan fingerprint density at radius 1 is 1.30 bits per heavy atom. The Morgan fingerprint density at radius 2 is 2.00 bits per heavy atom. The van der Waals surface area contributed by atoms with Crippen LogP contribution in [0.25, 0.3) is 0 Å². The van der Waals surface area contributed by atoms with Crippen LogP contribution in [-0.4, -0.2) is 46.3 Å². The highest BCUT2D eigenvalue weighted by molar-refractivity contribution is 5.96. The van der Waals surface area contributed by atoms with Gasteiger partial charge in [0, 0.05) is 30.9 Å². The Morgan fingerprint density at radius 3 is 2.63 bits per heavy atom. The Bertz CT molecular complexity index is 636. The topological polar surface area (TPSA) is 97.8 Å². The van der Waals surface area contributed by atoms with Gasteiger partial charge in [-0.1, -0.05) is 6.42 Å². The third-order valence-corrected chi connectivity index (χ3v) is 4.38. The number of aromatic nitrogens is 1. The number of pyridine rings is 1. The summed E-state index contributed by atoms with van der Waals surface area (Å²) in [5.41, 5.74) is -0.0254. The molecule has 1 saturated carbocycles. The molecular formula is C20H30N2O5. The second-order valence-electron chi connectivity index (χ2n) is 7.87. The van der Waals surface area contributed by atoms with E-state index in [0.717, 1.165) is 25.7 Å². The summed E-state index contributed by atoms with van der Waals surface area (Å²) in [5.74, 6) is -1.15. The zero-order valence-corrected chi connectivity index (χ0v) is 16.4. The van der Waals surface area contributed by atoms with Crippen LogP contribution in [0.2, 0.25) is 0 Å². The average molecular weight is 378 g/mol. The molecule has 1 aromatic heterocycles. The van der Waals surface area contributed by atoms with Crippen molar-refractivity contribution in [3.8, 4) is 5.88 Å². The van der Waals surface area contributed by atoms with Crippen molar-refractivity contribution >= 4 is 11.9 Å². The highest BCUT2D eigenvalue weighted by Crippen LogP contribution is 2.22. The Labute approximate surface area is 160 Å². The zero-order valence-electron chi connectivity index (χ0n) is 16.4. The molecule has 1 aliphatic rings. The monoisotopic (exact) mass is 378 g/mol. The number of carboxylic acids is 1. The van der Waals surface area contributed by atoms with Crippen LogP contribution in [0.5, 0.6) is 5.88 Å². The third-order valence-electron chi connectivity index (χ3n) is 4.38. The maximum absolute atomic E-state index is 12.5. The normalized spacial score (nSPS) is 16.6. The van der Waals surface area contributed by atoms with Gasteiger partial charge in [-0.2, -0.15) is 0 Å². The number of nitrogens with zero attached hydrogens (tertiary/aromatic N) is 1. The minimum atomic E-state index is -1.09. The number of carbonyl (C=O) groups is 2. The van der Waals surface area contributed by atoms with E-state index in [-0.39, 0.29) is 24.7 Å². The number of amides is 1. The molecule has 1 aromatic rings. The summed E-state index contributed by atoms with van der Waals surface area (Å²) in [6.45, 7) is 5.93. The number of rotatable bonds is 8. The number of aliphatic carboxylic acids is 1. The summed E-state index contributed by atoms with van der Waals surface area (Å²) in [4.78, 5) is 28.1. The van der Waals surface area contributed by atoms with E-state index in [1.807, 2.05) is 20.8 Å². The lowest BCUT2D eigenvalue weighted by Gasteiger charge is -2.22. The van der Waals surface area contributed by atoms with Gasteiger partial charge in [0.15, 0.2) is 0 Å². The van der Waals surface area contributed by atoms with Crippen LogP contribution in [0.15, 0.2) is 18.3 Å². The predicted molar refractivity (Wildman–Crippen MR) is 101 cm³/mol. The van der Waals surface area contributed by atoms with E-state index in [1.54, 1.807) is 12.1 Å². The molecule has 1 atom stereocenters. The smallest absolute Gasteiger partial charge is 0.326 e. The molecule has 1 aliphatic carbocycles. The van der Waals surface area contributed by atoms with E-state index >= 15 is 0 Å². The molecular weight excluding hydrogens is 348 g/mol. The van der Waals surface area contributed by atoms with Crippen molar-refractivity contribution in [1.29, 1.82) is 0 Å². The first kappa shape index (κ1) is 21.2. The van der Waals surface area contributed by atoms with Gasteiger partial charge < -0.3 is 19.9 Å². The zero-order chi connectivity index (χ0) is 19.9. The highest BCUT2D eigenvalue weighted by atomic mass is 16.5. The summed E-state index contributed by atoms with van der Waals surface area (Å²) in [5, 5.41) is 11.9. The van der Waals surface area contributed by atoms with E-state index in [2.05, 4.69) is 10.3 Å². The second-order valence-corrected chi connectivity index (χ2v) is 7.87. The van der Waals surface area contributed by atoms with Gasteiger partial charge in [-0.05, 0) is 52.5 Å². The van der Waals surface area contributed by atoms with Crippen LogP contribution in [0.4, 0.5) is 0 Å². The van der Waals surface area contributed by atoms with Gasteiger partial charge in [-0.15, -0.1) is 0 Å². The fraction of sp³-hybridized carbons (Fsp3) is 0.650. The number of nitrogens with one attached hydrogen (secondary N) is 1. The molecule has 1 amide bonds. The van der Waals surface area contributed by atoms with Gasteiger partial charge in [0.1, 0.15) is 12.1 Å². The molecule has 7 heteroatoms. The van der Waals surface area contributed by atoms with Crippen molar-refractivity contribution in [2.45, 2.75) is 77.0 Å².